The van der Waals surface area contributed by atoms with Crippen molar-refractivity contribution in [3.63, 3.8) is 0 Å². The first kappa shape index (κ1) is 31.7. The molecule has 0 saturated carbocycles. The first-order valence-electron chi connectivity index (χ1n) is 14.1. The number of rotatable bonds is 10. The third-order valence-corrected chi connectivity index (χ3v) is 6.69. The smallest absolute Gasteiger partial charge is 0.408 e. The number of Topliss-reactive ketones (excluding diaryl/α,β-unsaturated/α-hetero) is 1. The molecule has 44 heavy (non-hydrogen) atoms. The van der Waals surface area contributed by atoms with E-state index in [1.807, 2.05) is 60.7 Å². The summed E-state index contributed by atoms with van der Waals surface area (Å²) in [4.78, 5) is 56.6. The normalized spacial score (nSPS) is 12.7. The Morgan fingerprint density at radius 1 is 1.00 bits per heavy atom. The topological polar surface area (TPSA) is 163 Å². The average Bonchev–Trinajstić information content (AvgIpc) is 2.97. The van der Waals surface area contributed by atoms with Gasteiger partial charge in [-0.15, -0.1) is 0 Å². The minimum Gasteiger partial charge on any atom is -0.458 e. The van der Waals surface area contributed by atoms with Gasteiger partial charge in [0.15, 0.2) is 5.78 Å². The van der Waals surface area contributed by atoms with Gasteiger partial charge in [0.1, 0.15) is 18.2 Å². The molecular formula is C33H36N4O7. The summed E-state index contributed by atoms with van der Waals surface area (Å²) in [5.74, 6) is -1.07. The molecule has 0 aliphatic carbocycles. The van der Waals surface area contributed by atoms with E-state index >= 15 is 0 Å². The molecule has 4 rings (SSSR count). The van der Waals surface area contributed by atoms with Crippen molar-refractivity contribution < 1.29 is 28.3 Å². The number of esters is 1. The quantitative estimate of drug-likeness (QED) is 0.129. The van der Waals surface area contributed by atoms with Crippen LogP contribution in [0.4, 0.5) is 16.5 Å². The number of benzene rings is 3. The van der Waals surface area contributed by atoms with Crippen molar-refractivity contribution in [2.75, 3.05) is 11.1 Å². The van der Waals surface area contributed by atoms with E-state index in [1.54, 1.807) is 34.6 Å². The summed E-state index contributed by atoms with van der Waals surface area (Å²) in [7, 11) is 0. The number of hydrogen-bond acceptors (Lipinski definition) is 10. The molecule has 1 heterocycles. The Balaban J connectivity index is 1.65. The van der Waals surface area contributed by atoms with Gasteiger partial charge in [0.2, 0.25) is 0 Å². The summed E-state index contributed by atoms with van der Waals surface area (Å²) >= 11 is 0. The number of amides is 1. The number of nitrogens with one attached hydrogen (secondary N) is 2. The lowest BCUT2D eigenvalue weighted by atomic mass is 9.94. The summed E-state index contributed by atoms with van der Waals surface area (Å²) in [5, 5.41) is 5.51. The molecule has 0 bridgehead atoms. The third kappa shape index (κ3) is 8.00. The number of ketones is 1. The van der Waals surface area contributed by atoms with Gasteiger partial charge in [0.25, 0.3) is 6.01 Å². The van der Waals surface area contributed by atoms with Crippen LogP contribution < -0.4 is 22.0 Å². The molecule has 0 aliphatic heterocycles. The second kappa shape index (κ2) is 13.4. The fraction of sp³-hybridized carbons (Fsp3) is 0.303. The van der Waals surface area contributed by atoms with Gasteiger partial charge in [-0.05, 0) is 57.4 Å². The Labute approximate surface area is 254 Å². The number of fused-ring (bicyclic) bond motifs is 1. The third-order valence-electron chi connectivity index (χ3n) is 6.69. The highest BCUT2D eigenvalue weighted by Gasteiger charge is 2.28. The van der Waals surface area contributed by atoms with Crippen LogP contribution in [0.1, 0.15) is 54.7 Å². The van der Waals surface area contributed by atoms with Crippen LogP contribution in [-0.4, -0.2) is 40.5 Å². The highest BCUT2D eigenvalue weighted by atomic mass is 16.6. The average molecular weight is 601 g/mol. The second-order valence-corrected chi connectivity index (χ2v) is 11.4. The molecule has 11 heteroatoms. The van der Waals surface area contributed by atoms with E-state index in [9.17, 15) is 19.2 Å². The molecule has 0 radical (unpaired) electrons. The minimum absolute atomic E-state index is 0.0212. The predicted octanol–water partition coefficient (Wildman–Crippen LogP) is 4.94. The van der Waals surface area contributed by atoms with Crippen molar-refractivity contribution in [2.24, 2.45) is 0 Å². The molecule has 3 aromatic carbocycles. The van der Waals surface area contributed by atoms with Crippen molar-refractivity contribution in [1.82, 2.24) is 10.3 Å². The SMILES string of the molecule is Cc1c(N)c(C(=O)[C@H](Cc2ccccc2)NC(=O)OCc2ccccc2)cc2nc(NC(C)C(=O)OC(C)(C)C)oc(=O)c12. The van der Waals surface area contributed by atoms with Crippen LogP contribution in [0.3, 0.4) is 0 Å². The monoisotopic (exact) mass is 600 g/mol. The van der Waals surface area contributed by atoms with Crippen LogP contribution in [0.2, 0.25) is 0 Å². The number of nitrogens with zero attached hydrogens (tertiary/aromatic N) is 1. The molecule has 1 amide bonds. The number of carbonyl (C=O) groups is 3. The maximum Gasteiger partial charge on any atom is 0.408 e. The molecule has 4 N–H and O–H groups in total. The highest BCUT2D eigenvalue weighted by Crippen LogP contribution is 2.27. The van der Waals surface area contributed by atoms with Crippen molar-refractivity contribution in [2.45, 2.75) is 65.3 Å². The van der Waals surface area contributed by atoms with E-state index in [0.717, 1.165) is 11.1 Å². The number of ether oxygens (including phenoxy) is 2. The van der Waals surface area contributed by atoms with E-state index in [1.165, 1.54) is 6.07 Å². The second-order valence-electron chi connectivity index (χ2n) is 11.4. The molecule has 4 aromatic rings. The lowest BCUT2D eigenvalue weighted by Gasteiger charge is -2.22. The number of nitrogen functional groups attached to an aromatic ring is 1. The zero-order valence-electron chi connectivity index (χ0n) is 25.3. The Morgan fingerprint density at radius 2 is 1.61 bits per heavy atom. The molecule has 230 valence electrons. The number of aromatic nitrogens is 1. The van der Waals surface area contributed by atoms with Gasteiger partial charge in [0, 0.05) is 17.7 Å². The number of hydrogen-bond donors (Lipinski definition) is 3. The number of anilines is 2. The largest absolute Gasteiger partial charge is 0.458 e. The van der Waals surface area contributed by atoms with Crippen molar-refractivity contribution in [3.05, 3.63) is 99.4 Å². The van der Waals surface area contributed by atoms with E-state index in [0.29, 0.717) is 5.56 Å². The van der Waals surface area contributed by atoms with Crippen LogP contribution in [0, 0.1) is 6.92 Å². The molecular weight excluding hydrogens is 564 g/mol. The summed E-state index contributed by atoms with van der Waals surface area (Å²) in [6.45, 7) is 8.35. The van der Waals surface area contributed by atoms with Gasteiger partial charge in [-0.25, -0.2) is 14.4 Å². The summed E-state index contributed by atoms with van der Waals surface area (Å²) in [5.41, 5.74) is 7.04. The first-order valence-corrected chi connectivity index (χ1v) is 14.1. The zero-order chi connectivity index (χ0) is 32.0. The molecule has 11 nitrogen and oxygen atoms in total. The molecule has 0 spiro atoms. The molecule has 0 saturated heterocycles. The van der Waals surface area contributed by atoms with Gasteiger partial charge >= 0.3 is 17.7 Å². The molecule has 0 aliphatic rings. The Kier molecular flexibility index (Phi) is 9.67. The van der Waals surface area contributed by atoms with Crippen LogP contribution in [0.5, 0.6) is 0 Å². The summed E-state index contributed by atoms with van der Waals surface area (Å²) in [6.07, 6.45) is -0.623. The van der Waals surface area contributed by atoms with Crippen LogP contribution >= 0.6 is 0 Å². The van der Waals surface area contributed by atoms with Gasteiger partial charge in [-0.3, -0.25) is 4.79 Å². The lowest BCUT2D eigenvalue weighted by molar-refractivity contribution is -0.155. The number of nitrogens with two attached hydrogens (primary N) is 1. The number of alkyl carbamates (subject to hydrolysis) is 1. The Bertz CT molecular complexity index is 1710. The van der Waals surface area contributed by atoms with Gasteiger partial charge in [-0.1, -0.05) is 60.7 Å². The first-order chi connectivity index (χ1) is 20.8. The van der Waals surface area contributed by atoms with Gasteiger partial charge in [-0.2, -0.15) is 4.98 Å². The van der Waals surface area contributed by atoms with Crippen molar-refractivity contribution >= 4 is 40.5 Å². The lowest BCUT2D eigenvalue weighted by Crippen LogP contribution is -2.43. The maximum atomic E-state index is 14.0. The van der Waals surface area contributed by atoms with E-state index in [4.69, 9.17) is 19.6 Å². The predicted molar refractivity (Wildman–Crippen MR) is 166 cm³/mol. The van der Waals surface area contributed by atoms with Crippen molar-refractivity contribution in [3.8, 4) is 0 Å². The molecule has 2 atom stereocenters. The summed E-state index contributed by atoms with van der Waals surface area (Å²) in [6, 6.07) is 17.5. The Morgan fingerprint density at radius 3 is 2.23 bits per heavy atom. The van der Waals surface area contributed by atoms with E-state index in [2.05, 4.69) is 15.6 Å². The van der Waals surface area contributed by atoms with Crippen LogP contribution in [-0.2, 0) is 27.3 Å². The minimum atomic E-state index is -1.05. The number of aryl methyl sites for hydroxylation is 1. The van der Waals surface area contributed by atoms with E-state index in [-0.39, 0.29) is 41.2 Å². The fourth-order valence-corrected chi connectivity index (χ4v) is 4.49. The van der Waals surface area contributed by atoms with E-state index < -0.39 is 41.2 Å². The van der Waals surface area contributed by atoms with Crippen molar-refractivity contribution in [1.29, 1.82) is 0 Å². The molecule has 1 unspecified atom stereocenters. The summed E-state index contributed by atoms with van der Waals surface area (Å²) < 4.78 is 16.1. The standard InChI is InChI=1S/C33H36N4O7/c1-19-26-24(36-31(43-30(26)40)35-20(2)29(39)44-33(3,4)5)17-23(27(19)34)28(38)25(16-21-12-8-6-9-13-21)37-32(41)42-18-22-14-10-7-11-15-22/h6-15,17,20,25H,16,18,34H2,1-5H3,(H,35,36)(H,37,41)/t20?,25-/m0/s1. The van der Waals surface area contributed by atoms with Gasteiger partial charge in [0.05, 0.1) is 16.9 Å². The molecule has 1 aromatic heterocycles. The Hall–Kier alpha value is -5.19. The van der Waals surface area contributed by atoms with Crippen LogP contribution in [0.25, 0.3) is 10.9 Å². The maximum absolute atomic E-state index is 14.0. The van der Waals surface area contributed by atoms with Gasteiger partial charge < -0.3 is 30.3 Å². The fourth-order valence-electron chi connectivity index (χ4n) is 4.49. The zero-order valence-corrected chi connectivity index (χ0v) is 25.3. The highest BCUT2D eigenvalue weighted by molar-refractivity contribution is 6.09. The molecule has 0 fully saturated rings. The number of carbonyl (C=O) groups excluding carboxylic acids is 3. The van der Waals surface area contributed by atoms with Crippen LogP contribution in [0.15, 0.2) is 75.9 Å².